The molecule has 0 bridgehead atoms. The van der Waals surface area contributed by atoms with Crippen molar-refractivity contribution in [1.82, 2.24) is 10.2 Å². The van der Waals surface area contributed by atoms with Gasteiger partial charge in [0.15, 0.2) is 0 Å². The van der Waals surface area contributed by atoms with E-state index in [2.05, 4.69) is 17.4 Å². The van der Waals surface area contributed by atoms with Gasteiger partial charge in [-0.2, -0.15) is 0 Å². The van der Waals surface area contributed by atoms with Crippen LogP contribution in [0.5, 0.6) is 0 Å². The number of carboxylic acid groups (broad SMARTS) is 1. The fraction of sp³-hybridized carbons (Fsp3) is 0.250. The van der Waals surface area contributed by atoms with Gasteiger partial charge in [0, 0.05) is 25.9 Å². The van der Waals surface area contributed by atoms with E-state index in [4.69, 9.17) is 9.84 Å². The maximum absolute atomic E-state index is 13.0. The number of carbonyl (C=O) groups excluding carboxylic acids is 2. The lowest BCUT2D eigenvalue weighted by Gasteiger charge is -2.24. The van der Waals surface area contributed by atoms with Crippen molar-refractivity contribution >= 4 is 18.0 Å². The monoisotopic (exact) mass is 472 g/mol. The number of aliphatic carboxylic acids is 1. The Hall–Kier alpha value is -4.13. The van der Waals surface area contributed by atoms with Crippen LogP contribution >= 0.6 is 0 Å². The minimum absolute atomic E-state index is 0.0474. The second-order valence-electron chi connectivity index (χ2n) is 8.62. The van der Waals surface area contributed by atoms with Crippen LogP contribution in [0.25, 0.3) is 11.1 Å². The molecule has 0 saturated carbocycles. The first-order valence-corrected chi connectivity index (χ1v) is 11.6. The van der Waals surface area contributed by atoms with Gasteiger partial charge < -0.3 is 20.1 Å². The van der Waals surface area contributed by atoms with Crippen molar-refractivity contribution in [3.05, 3.63) is 95.6 Å². The number of hydrogen-bond donors (Lipinski definition) is 2. The highest BCUT2D eigenvalue weighted by Crippen LogP contribution is 2.44. The van der Waals surface area contributed by atoms with Crippen molar-refractivity contribution in [2.75, 3.05) is 20.2 Å². The molecule has 3 aromatic rings. The van der Waals surface area contributed by atoms with Gasteiger partial charge in [-0.25, -0.2) is 4.79 Å². The van der Waals surface area contributed by atoms with Crippen molar-refractivity contribution in [3.63, 3.8) is 0 Å². The molecule has 0 fully saturated rings. The van der Waals surface area contributed by atoms with Crippen LogP contribution in [0, 0.1) is 0 Å². The average molecular weight is 473 g/mol. The highest BCUT2D eigenvalue weighted by Gasteiger charge is 2.30. The number of hydrogen-bond acceptors (Lipinski definition) is 4. The molecule has 35 heavy (non-hydrogen) atoms. The van der Waals surface area contributed by atoms with Crippen molar-refractivity contribution < 1.29 is 24.2 Å². The Labute approximate surface area is 204 Å². The number of nitrogens with one attached hydrogen (secondary N) is 1. The first kappa shape index (κ1) is 24.0. The minimum Gasteiger partial charge on any atom is -0.481 e. The van der Waals surface area contributed by atoms with E-state index >= 15 is 0 Å². The molecular weight excluding hydrogens is 444 g/mol. The van der Waals surface area contributed by atoms with E-state index in [9.17, 15) is 14.4 Å². The van der Waals surface area contributed by atoms with Crippen molar-refractivity contribution in [1.29, 1.82) is 0 Å². The van der Waals surface area contributed by atoms with Crippen LogP contribution in [0.3, 0.4) is 0 Å². The number of benzene rings is 3. The highest BCUT2D eigenvalue weighted by molar-refractivity contribution is 5.86. The summed E-state index contributed by atoms with van der Waals surface area (Å²) in [5.41, 5.74) is 5.35. The summed E-state index contributed by atoms with van der Waals surface area (Å²) in [6, 6.07) is 24.6. The molecule has 1 aliphatic carbocycles. The van der Waals surface area contributed by atoms with Crippen LogP contribution < -0.4 is 5.32 Å². The predicted molar refractivity (Wildman–Crippen MR) is 132 cm³/mol. The standard InChI is InChI=1S/C28H28N2O5/c1-30(16-15-26(31)32)27(33)25(17-19-9-3-2-4-10-19)29-28(34)35-18-24-22-13-7-5-11-20(22)21-12-6-8-14-23(21)24/h2-14,24-25H,15-18H2,1H3,(H,29,34)(H,31,32)/t25-/m0/s1. The summed E-state index contributed by atoms with van der Waals surface area (Å²) in [4.78, 5) is 38.1. The Morgan fingerprint density at radius 2 is 1.49 bits per heavy atom. The SMILES string of the molecule is CN(CCC(=O)O)C(=O)[C@H](Cc1ccccc1)NC(=O)OCC1c2ccccc2-c2ccccc21. The minimum atomic E-state index is -0.992. The summed E-state index contributed by atoms with van der Waals surface area (Å²) < 4.78 is 5.62. The number of carboxylic acids is 1. The zero-order valence-electron chi connectivity index (χ0n) is 19.5. The fourth-order valence-corrected chi connectivity index (χ4v) is 4.47. The van der Waals surface area contributed by atoms with E-state index in [0.717, 1.165) is 27.8 Å². The van der Waals surface area contributed by atoms with Crippen molar-refractivity contribution in [2.24, 2.45) is 0 Å². The summed E-state index contributed by atoms with van der Waals surface area (Å²) in [5, 5.41) is 11.7. The first-order valence-electron chi connectivity index (χ1n) is 11.6. The van der Waals surface area contributed by atoms with Gasteiger partial charge >= 0.3 is 12.1 Å². The van der Waals surface area contributed by atoms with Gasteiger partial charge in [0.2, 0.25) is 5.91 Å². The molecule has 1 aliphatic rings. The van der Waals surface area contributed by atoms with Gasteiger partial charge in [0.1, 0.15) is 12.6 Å². The van der Waals surface area contributed by atoms with E-state index in [0.29, 0.717) is 0 Å². The molecular formula is C28H28N2O5. The molecule has 0 radical (unpaired) electrons. The molecule has 2 amide bonds. The van der Waals surface area contributed by atoms with Gasteiger partial charge in [0.25, 0.3) is 0 Å². The lowest BCUT2D eigenvalue weighted by atomic mass is 9.98. The molecule has 7 heteroatoms. The van der Waals surface area contributed by atoms with Gasteiger partial charge in [-0.15, -0.1) is 0 Å². The third-order valence-electron chi connectivity index (χ3n) is 6.25. The van der Waals surface area contributed by atoms with E-state index in [1.54, 1.807) is 0 Å². The molecule has 4 rings (SSSR count). The second-order valence-corrected chi connectivity index (χ2v) is 8.62. The topological polar surface area (TPSA) is 95.9 Å². The molecule has 0 spiro atoms. The Morgan fingerprint density at radius 3 is 2.09 bits per heavy atom. The van der Waals surface area contributed by atoms with Crippen molar-refractivity contribution in [3.8, 4) is 11.1 Å². The lowest BCUT2D eigenvalue weighted by molar-refractivity contribution is -0.138. The van der Waals surface area contributed by atoms with Crippen LogP contribution in [0.15, 0.2) is 78.9 Å². The van der Waals surface area contributed by atoms with E-state index in [1.165, 1.54) is 11.9 Å². The molecule has 7 nitrogen and oxygen atoms in total. The normalized spacial score (nSPS) is 12.8. The molecule has 0 saturated heterocycles. The van der Waals surface area contributed by atoms with Crippen LogP contribution in [0.4, 0.5) is 4.79 Å². The second kappa shape index (κ2) is 10.9. The predicted octanol–water partition coefficient (Wildman–Crippen LogP) is 4.07. The van der Waals surface area contributed by atoms with Crippen LogP contribution in [-0.2, 0) is 20.7 Å². The maximum atomic E-state index is 13.0. The Kier molecular flexibility index (Phi) is 7.45. The molecule has 0 aromatic heterocycles. The number of rotatable bonds is 9. The van der Waals surface area contributed by atoms with Crippen LogP contribution in [0.1, 0.15) is 29.0 Å². The zero-order valence-corrected chi connectivity index (χ0v) is 19.5. The third-order valence-corrected chi connectivity index (χ3v) is 6.25. The summed E-state index contributed by atoms with van der Waals surface area (Å²) in [7, 11) is 1.53. The highest BCUT2D eigenvalue weighted by atomic mass is 16.5. The summed E-state index contributed by atoms with van der Waals surface area (Å²) in [6.07, 6.45) is -0.597. The number of ether oxygens (including phenoxy) is 1. The van der Waals surface area contributed by atoms with E-state index < -0.39 is 18.1 Å². The third kappa shape index (κ3) is 5.69. The zero-order chi connectivity index (χ0) is 24.8. The number of fused-ring (bicyclic) bond motifs is 3. The Balaban J connectivity index is 1.45. The molecule has 0 heterocycles. The van der Waals surface area contributed by atoms with Gasteiger partial charge in [-0.3, -0.25) is 9.59 Å². The largest absolute Gasteiger partial charge is 0.481 e. The smallest absolute Gasteiger partial charge is 0.407 e. The Morgan fingerprint density at radius 1 is 0.914 bits per heavy atom. The maximum Gasteiger partial charge on any atom is 0.407 e. The lowest BCUT2D eigenvalue weighted by Crippen LogP contribution is -2.49. The van der Waals surface area contributed by atoms with Gasteiger partial charge in [0.05, 0.1) is 6.42 Å². The van der Waals surface area contributed by atoms with E-state index in [1.807, 2.05) is 66.7 Å². The number of amides is 2. The molecule has 0 aliphatic heterocycles. The summed E-state index contributed by atoms with van der Waals surface area (Å²) in [5.74, 6) is -1.45. The molecule has 0 unspecified atom stereocenters. The number of carbonyl (C=O) groups is 3. The number of nitrogens with zero attached hydrogens (tertiary/aromatic N) is 1. The molecule has 2 N–H and O–H groups in total. The van der Waals surface area contributed by atoms with E-state index in [-0.39, 0.29) is 37.8 Å². The van der Waals surface area contributed by atoms with Gasteiger partial charge in [-0.1, -0.05) is 78.9 Å². The fourth-order valence-electron chi connectivity index (χ4n) is 4.47. The molecule has 3 aromatic carbocycles. The van der Waals surface area contributed by atoms with Crippen molar-refractivity contribution in [2.45, 2.75) is 24.8 Å². The molecule has 1 atom stereocenters. The Bertz CT molecular complexity index is 1170. The summed E-state index contributed by atoms with van der Waals surface area (Å²) in [6.45, 7) is 0.187. The summed E-state index contributed by atoms with van der Waals surface area (Å²) >= 11 is 0. The average Bonchev–Trinajstić information content (AvgIpc) is 3.19. The van der Waals surface area contributed by atoms with Gasteiger partial charge in [-0.05, 0) is 27.8 Å². The first-order chi connectivity index (χ1) is 16.9. The number of likely N-dealkylation sites (N-methyl/N-ethyl adjacent to an activating group) is 1. The number of alkyl carbamates (subject to hydrolysis) is 1. The van der Waals surface area contributed by atoms with Crippen LogP contribution in [0.2, 0.25) is 0 Å². The quantitative estimate of drug-likeness (QED) is 0.490. The van der Waals surface area contributed by atoms with Crippen LogP contribution in [-0.4, -0.2) is 54.2 Å². The molecule has 180 valence electrons.